The highest BCUT2D eigenvalue weighted by atomic mass is 16.5. The Bertz CT molecular complexity index is 987. The van der Waals surface area contributed by atoms with Crippen LogP contribution in [-0.4, -0.2) is 36.9 Å². The Morgan fingerprint density at radius 1 is 1.13 bits per heavy atom. The molecule has 1 aliphatic rings. The van der Waals surface area contributed by atoms with Gasteiger partial charge in [0.05, 0.1) is 12.2 Å². The summed E-state index contributed by atoms with van der Waals surface area (Å²) < 4.78 is 5.54. The van der Waals surface area contributed by atoms with Crippen molar-refractivity contribution in [2.75, 3.05) is 23.4 Å². The van der Waals surface area contributed by atoms with Crippen LogP contribution in [0, 0.1) is 5.92 Å². The molecule has 0 fully saturated rings. The van der Waals surface area contributed by atoms with Crippen LogP contribution >= 0.6 is 0 Å². The highest BCUT2D eigenvalue weighted by molar-refractivity contribution is 6.03. The van der Waals surface area contributed by atoms with Crippen molar-refractivity contribution in [2.45, 2.75) is 40.2 Å². The fourth-order valence-electron chi connectivity index (χ4n) is 3.72. The zero-order valence-electron chi connectivity index (χ0n) is 18.4. The highest BCUT2D eigenvalue weighted by Gasteiger charge is 2.27. The van der Waals surface area contributed by atoms with Crippen molar-refractivity contribution in [3.8, 4) is 5.75 Å². The number of carbonyl (C=O) groups is 3. The molecule has 7 nitrogen and oxygen atoms in total. The second kappa shape index (κ2) is 9.64. The third-order valence-corrected chi connectivity index (χ3v) is 5.29. The van der Waals surface area contributed by atoms with Gasteiger partial charge in [-0.3, -0.25) is 14.4 Å². The van der Waals surface area contributed by atoms with Gasteiger partial charge in [-0.1, -0.05) is 26.0 Å². The molecule has 7 heteroatoms. The number of fused-ring (bicyclic) bond motifs is 1. The summed E-state index contributed by atoms with van der Waals surface area (Å²) in [5.41, 5.74) is 2.93. The van der Waals surface area contributed by atoms with E-state index in [9.17, 15) is 14.4 Å². The number of amides is 3. The van der Waals surface area contributed by atoms with Gasteiger partial charge < -0.3 is 20.3 Å². The third-order valence-electron chi connectivity index (χ3n) is 5.29. The molecular weight excluding hydrogens is 394 g/mol. The lowest BCUT2D eigenvalue weighted by Gasteiger charge is -2.22. The van der Waals surface area contributed by atoms with E-state index in [1.54, 1.807) is 42.2 Å². The summed E-state index contributed by atoms with van der Waals surface area (Å²) in [7, 11) is 0. The minimum Gasteiger partial charge on any atom is -0.493 e. The van der Waals surface area contributed by atoms with Crippen LogP contribution in [-0.2, 0) is 16.0 Å². The van der Waals surface area contributed by atoms with Crippen LogP contribution < -0.4 is 20.3 Å². The number of hydrogen-bond donors (Lipinski definition) is 2. The fourth-order valence-corrected chi connectivity index (χ4v) is 3.72. The number of rotatable bonds is 7. The van der Waals surface area contributed by atoms with Gasteiger partial charge in [0.2, 0.25) is 11.8 Å². The molecule has 1 heterocycles. The molecule has 0 saturated carbocycles. The first kappa shape index (κ1) is 22.3. The van der Waals surface area contributed by atoms with Crippen molar-refractivity contribution in [1.82, 2.24) is 5.32 Å². The predicted octanol–water partition coefficient (Wildman–Crippen LogP) is 3.39. The van der Waals surface area contributed by atoms with Crippen LogP contribution in [0.2, 0.25) is 0 Å². The molecule has 0 saturated heterocycles. The van der Waals surface area contributed by atoms with E-state index in [1.165, 1.54) is 0 Å². The molecule has 0 radical (unpaired) electrons. The molecule has 1 aliphatic heterocycles. The molecule has 2 aromatic carbocycles. The lowest BCUT2D eigenvalue weighted by molar-refractivity contribution is -0.119. The number of para-hydroxylation sites is 1. The summed E-state index contributed by atoms with van der Waals surface area (Å²) in [4.78, 5) is 39.3. The molecule has 31 heavy (non-hydrogen) atoms. The van der Waals surface area contributed by atoms with Crippen LogP contribution in [0.15, 0.2) is 42.5 Å². The van der Waals surface area contributed by atoms with Crippen LogP contribution in [0.25, 0.3) is 0 Å². The van der Waals surface area contributed by atoms with E-state index in [0.29, 0.717) is 30.2 Å². The summed E-state index contributed by atoms with van der Waals surface area (Å²) in [5, 5.41) is 5.75. The summed E-state index contributed by atoms with van der Waals surface area (Å²) in [6, 6.07) is 11.8. The lowest BCUT2D eigenvalue weighted by atomic mass is 10.0. The number of nitrogens with zero attached hydrogens (tertiary/aromatic N) is 1. The highest BCUT2D eigenvalue weighted by Crippen LogP contribution is 2.30. The normalized spacial score (nSPS) is 13.5. The fraction of sp³-hybridized carbons (Fsp3) is 0.375. The van der Waals surface area contributed by atoms with Gasteiger partial charge in [-0.15, -0.1) is 0 Å². The van der Waals surface area contributed by atoms with E-state index in [1.807, 2.05) is 32.9 Å². The molecule has 3 rings (SSSR count). The van der Waals surface area contributed by atoms with Crippen molar-refractivity contribution in [2.24, 2.45) is 5.92 Å². The summed E-state index contributed by atoms with van der Waals surface area (Å²) in [5.74, 6) is -0.280. The number of hydrogen-bond acceptors (Lipinski definition) is 4. The summed E-state index contributed by atoms with van der Waals surface area (Å²) in [6.07, 6.45) is 0.747. The largest absolute Gasteiger partial charge is 0.493 e. The molecule has 1 atom stereocenters. The average Bonchev–Trinajstić information content (AvgIpc) is 3.15. The maximum Gasteiger partial charge on any atom is 0.255 e. The van der Waals surface area contributed by atoms with Crippen LogP contribution in [0.5, 0.6) is 5.75 Å². The standard InChI is InChI=1S/C24H29N3O4/c1-5-31-21-9-7-6-8-19(21)23(29)26-22(15(2)3)24(30)25-18-10-11-20-17(14-18)12-13-27(20)16(4)28/h6-11,14-15,22H,5,12-13H2,1-4H3,(H,25,30)(H,26,29)/t22-/m0/s1. The Hall–Kier alpha value is -3.35. The van der Waals surface area contributed by atoms with Crippen molar-refractivity contribution in [1.29, 1.82) is 0 Å². The topological polar surface area (TPSA) is 87.7 Å². The summed E-state index contributed by atoms with van der Waals surface area (Å²) >= 11 is 0. The molecule has 0 aromatic heterocycles. The lowest BCUT2D eigenvalue weighted by Crippen LogP contribution is -2.47. The molecule has 3 amide bonds. The van der Waals surface area contributed by atoms with E-state index < -0.39 is 6.04 Å². The molecule has 0 aliphatic carbocycles. The zero-order valence-corrected chi connectivity index (χ0v) is 18.4. The smallest absolute Gasteiger partial charge is 0.255 e. The second-order valence-electron chi connectivity index (χ2n) is 7.88. The first-order chi connectivity index (χ1) is 14.8. The van der Waals surface area contributed by atoms with Gasteiger partial charge in [0.15, 0.2) is 0 Å². The van der Waals surface area contributed by atoms with Gasteiger partial charge in [0.1, 0.15) is 11.8 Å². The molecular formula is C24H29N3O4. The zero-order chi connectivity index (χ0) is 22.5. The third kappa shape index (κ3) is 5.05. The minimum atomic E-state index is -0.718. The van der Waals surface area contributed by atoms with Gasteiger partial charge in [-0.25, -0.2) is 0 Å². The van der Waals surface area contributed by atoms with Gasteiger partial charge in [0, 0.05) is 24.8 Å². The van der Waals surface area contributed by atoms with Crippen LogP contribution in [0.1, 0.15) is 43.6 Å². The van der Waals surface area contributed by atoms with Crippen molar-refractivity contribution in [3.63, 3.8) is 0 Å². The number of ether oxygens (including phenoxy) is 1. The van der Waals surface area contributed by atoms with Gasteiger partial charge in [0.25, 0.3) is 5.91 Å². The van der Waals surface area contributed by atoms with E-state index in [2.05, 4.69) is 10.6 Å². The number of carbonyl (C=O) groups excluding carboxylic acids is 3. The van der Waals surface area contributed by atoms with Gasteiger partial charge in [-0.05, 0) is 55.2 Å². The number of nitrogens with one attached hydrogen (secondary N) is 2. The van der Waals surface area contributed by atoms with E-state index in [-0.39, 0.29) is 23.6 Å². The minimum absolute atomic E-state index is 0.00505. The first-order valence-corrected chi connectivity index (χ1v) is 10.6. The Labute approximate surface area is 182 Å². The monoisotopic (exact) mass is 423 g/mol. The predicted molar refractivity (Wildman–Crippen MR) is 121 cm³/mol. The Balaban J connectivity index is 1.73. The Kier molecular flexibility index (Phi) is 6.95. The van der Waals surface area contributed by atoms with Crippen molar-refractivity contribution >= 4 is 29.1 Å². The number of benzene rings is 2. The van der Waals surface area contributed by atoms with Gasteiger partial charge >= 0.3 is 0 Å². The van der Waals surface area contributed by atoms with Crippen molar-refractivity contribution < 1.29 is 19.1 Å². The molecule has 2 N–H and O–H groups in total. The summed E-state index contributed by atoms with van der Waals surface area (Å²) in [6.45, 7) is 8.25. The van der Waals surface area contributed by atoms with Crippen LogP contribution in [0.4, 0.5) is 11.4 Å². The van der Waals surface area contributed by atoms with Crippen LogP contribution in [0.3, 0.4) is 0 Å². The number of anilines is 2. The molecule has 0 unspecified atom stereocenters. The van der Waals surface area contributed by atoms with Crippen molar-refractivity contribution in [3.05, 3.63) is 53.6 Å². The maximum atomic E-state index is 13.0. The molecule has 0 spiro atoms. The molecule has 164 valence electrons. The molecule has 2 aromatic rings. The Morgan fingerprint density at radius 3 is 2.55 bits per heavy atom. The second-order valence-corrected chi connectivity index (χ2v) is 7.88. The van der Waals surface area contributed by atoms with E-state index >= 15 is 0 Å². The first-order valence-electron chi connectivity index (χ1n) is 10.6. The van der Waals surface area contributed by atoms with Gasteiger partial charge in [-0.2, -0.15) is 0 Å². The Morgan fingerprint density at radius 2 is 1.87 bits per heavy atom. The van der Waals surface area contributed by atoms with E-state index in [4.69, 9.17) is 4.74 Å². The average molecular weight is 424 g/mol. The quantitative estimate of drug-likeness (QED) is 0.715. The maximum absolute atomic E-state index is 13.0. The van der Waals surface area contributed by atoms with E-state index in [0.717, 1.165) is 17.7 Å². The SMILES string of the molecule is CCOc1ccccc1C(=O)N[C@H](C(=O)Nc1ccc2c(c1)CCN2C(C)=O)C(C)C. The molecule has 0 bridgehead atoms.